The maximum Gasteiger partial charge on any atom is 0.235 e. The molecule has 0 unspecified atom stereocenters. The van der Waals surface area contributed by atoms with Crippen LogP contribution in [0.1, 0.15) is 41.7 Å². The van der Waals surface area contributed by atoms with E-state index in [2.05, 4.69) is 16.4 Å². The summed E-state index contributed by atoms with van der Waals surface area (Å²) in [6, 6.07) is 2.32. The van der Waals surface area contributed by atoms with Crippen molar-refractivity contribution in [3.05, 3.63) is 16.0 Å². The molecule has 1 aromatic heterocycles. The molecule has 23 heavy (non-hydrogen) atoms. The largest absolute Gasteiger partial charge is 0.316 e. The van der Waals surface area contributed by atoms with E-state index >= 15 is 0 Å². The Kier molecular flexibility index (Phi) is 6.03. The highest BCUT2D eigenvalue weighted by Crippen LogP contribution is 2.36. The number of thioether (sulfide) groups is 2. The Balaban J connectivity index is 1.68. The highest BCUT2D eigenvalue weighted by Gasteiger charge is 2.20. The van der Waals surface area contributed by atoms with Gasteiger partial charge in [-0.15, -0.1) is 11.3 Å². The summed E-state index contributed by atoms with van der Waals surface area (Å²) >= 11 is 4.79. The summed E-state index contributed by atoms with van der Waals surface area (Å²) in [6.07, 6.45) is 6.81. The van der Waals surface area contributed by atoms with Crippen molar-refractivity contribution >= 4 is 50.1 Å². The molecule has 0 saturated carbocycles. The minimum absolute atomic E-state index is 0.0454. The minimum atomic E-state index is -0.0454. The van der Waals surface area contributed by atoms with E-state index in [0.29, 0.717) is 11.3 Å². The van der Waals surface area contributed by atoms with E-state index in [1.54, 1.807) is 23.1 Å². The number of carbonyl (C=O) groups excluding carboxylic acids is 1. The fraction of sp³-hybridized carbons (Fsp3) is 0.562. The normalized spacial score (nSPS) is 17.6. The molecule has 1 aromatic rings. The standard InChI is InChI=1S/C16H19N3OS3/c17-9-12-11-5-3-1-2-4-6-13(11)23-15(12)19-14(20)10-22-16-18-7-8-21-16/h1-8,10H2,(H,19,20). The number of anilines is 1. The monoisotopic (exact) mass is 365 g/mol. The quantitative estimate of drug-likeness (QED) is 0.877. The molecule has 0 spiro atoms. The molecule has 7 heteroatoms. The van der Waals surface area contributed by atoms with E-state index in [0.717, 1.165) is 40.9 Å². The number of aryl methyl sites for hydroxylation is 1. The Morgan fingerprint density at radius 3 is 2.87 bits per heavy atom. The Morgan fingerprint density at radius 2 is 2.13 bits per heavy atom. The molecule has 122 valence electrons. The van der Waals surface area contributed by atoms with Gasteiger partial charge in [-0.2, -0.15) is 5.26 Å². The number of rotatable bonds is 3. The molecule has 2 heterocycles. The maximum atomic E-state index is 12.2. The zero-order valence-electron chi connectivity index (χ0n) is 12.9. The molecule has 4 nitrogen and oxygen atoms in total. The Hall–Kier alpha value is -0.970. The van der Waals surface area contributed by atoms with Crippen molar-refractivity contribution in [2.24, 2.45) is 4.99 Å². The molecule has 0 bridgehead atoms. The van der Waals surface area contributed by atoms with Gasteiger partial charge in [0.15, 0.2) is 0 Å². The average molecular weight is 366 g/mol. The molecule has 2 aliphatic rings. The Morgan fingerprint density at radius 1 is 1.30 bits per heavy atom. The molecule has 1 amide bonds. The molecule has 0 aromatic carbocycles. The summed E-state index contributed by atoms with van der Waals surface area (Å²) in [4.78, 5) is 17.8. The SMILES string of the molecule is N#Cc1c(NC(=O)CSC2=NCCS2)sc2c1CCCCCC2. The van der Waals surface area contributed by atoms with Crippen LogP contribution in [-0.4, -0.2) is 28.3 Å². The molecule has 1 N–H and O–H groups in total. The van der Waals surface area contributed by atoms with E-state index in [-0.39, 0.29) is 5.91 Å². The first-order valence-corrected chi connectivity index (χ1v) is 10.7. The lowest BCUT2D eigenvalue weighted by Crippen LogP contribution is -2.14. The Bertz CT molecular complexity index is 660. The van der Waals surface area contributed by atoms with Gasteiger partial charge in [0, 0.05) is 10.6 Å². The van der Waals surface area contributed by atoms with Crippen molar-refractivity contribution in [2.75, 3.05) is 23.4 Å². The smallest absolute Gasteiger partial charge is 0.235 e. The van der Waals surface area contributed by atoms with E-state index in [9.17, 15) is 10.1 Å². The van der Waals surface area contributed by atoms with Crippen LogP contribution in [0.5, 0.6) is 0 Å². The van der Waals surface area contributed by atoms with E-state index in [1.807, 2.05) is 0 Å². The number of amides is 1. The third kappa shape index (κ3) is 4.31. The number of nitrogens with zero attached hydrogens (tertiary/aromatic N) is 2. The van der Waals surface area contributed by atoms with Crippen molar-refractivity contribution in [2.45, 2.75) is 38.5 Å². The van der Waals surface area contributed by atoms with Crippen molar-refractivity contribution in [1.82, 2.24) is 0 Å². The number of fused-ring (bicyclic) bond motifs is 1. The third-order valence-corrected chi connectivity index (χ3v) is 7.38. The van der Waals surface area contributed by atoms with Crippen LogP contribution in [-0.2, 0) is 17.6 Å². The van der Waals surface area contributed by atoms with E-state index < -0.39 is 0 Å². The molecule has 0 saturated heterocycles. The van der Waals surface area contributed by atoms with Crippen molar-refractivity contribution < 1.29 is 4.79 Å². The van der Waals surface area contributed by atoms with Crippen molar-refractivity contribution in [3.8, 4) is 6.07 Å². The first kappa shape index (κ1) is 16.9. The topological polar surface area (TPSA) is 65.2 Å². The number of nitriles is 1. The summed E-state index contributed by atoms with van der Waals surface area (Å²) < 4.78 is 0.999. The van der Waals surface area contributed by atoms with Gasteiger partial charge in [-0.1, -0.05) is 36.4 Å². The predicted molar refractivity (Wildman–Crippen MR) is 101 cm³/mol. The molecule has 0 radical (unpaired) electrons. The Labute approximate surface area is 149 Å². The van der Waals surface area contributed by atoms with Gasteiger partial charge in [0.1, 0.15) is 15.4 Å². The number of thiophene rings is 1. The van der Waals surface area contributed by atoms with E-state index in [4.69, 9.17) is 0 Å². The van der Waals surface area contributed by atoms with Gasteiger partial charge in [-0.3, -0.25) is 9.79 Å². The molecule has 0 fully saturated rings. The molecule has 3 rings (SSSR count). The summed E-state index contributed by atoms with van der Waals surface area (Å²) in [5, 5.41) is 13.2. The van der Waals surface area contributed by atoms with Crippen LogP contribution in [0.25, 0.3) is 0 Å². The number of carbonyl (C=O) groups is 1. The summed E-state index contributed by atoms with van der Waals surface area (Å²) in [6.45, 7) is 0.852. The van der Waals surface area contributed by atoms with Gasteiger partial charge < -0.3 is 5.32 Å². The number of aliphatic imine (C=N–C) groups is 1. The second-order valence-electron chi connectivity index (χ2n) is 5.57. The van der Waals surface area contributed by atoms with Crippen LogP contribution in [0.2, 0.25) is 0 Å². The van der Waals surface area contributed by atoms with Gasteiger partial charge in [-0.25, -0.2) is 0 Å². The third-order valence-electron chi connectivity index (χ3n) is 3.92. The van der Waals surface area contributed by atoms with Crippen LogP contribution in [0, 0.1) is 11.3 Å². The number of nitrogens with one attached hydrogen (secondary N) is 1. The van der Waals surface area contributed by atoms with Gasteiger partial charge >= 0.3 is 0 Å². The number of hydrogen-bond acceptors (Lipinski definition) is 6. The average Bonchev–Trinajstić information content (AvgIpc) is 3.13. The first-order valence-electron chi connectivity index (χ1n) is 7.92. The molecular weight excluding hydrogens is 346 g/mol. The number of hydrogen-bond donors (Lipinski definition) is 1. The zero-order valence-corrected chi connectivity index (χ0v) is 15.3. The summed E-state index contributed by atoms with van der Waals surface area (Å²) in [5.74, 6) is 1.33. The molecule has 1 aliphatic heterocycles. The molecule has 0 atom stereocenters. The lowest BCUT2D eigenvalue weighted by molar-refractivity contribution is -0.113. The van der Waals surface area contributed by atoms with Gasteiger partial charge in [0.05, 0.1) is 17.9 Å². The fourth-order valence-corrected chi connectivity index (χ4v) is 5.88. The van der Waals surface area contributed by atoms with Crippen LogP contribution in [0.3, 0.4) is 0 Å². The fourth-order valence-electron chi connectivity index (χ4n) is 2.82. The summed E-state index contributed by atoms with van der Waals surface area (Å²) in [5.41, 5.74) is 1.87. The molecular formula is C16H19N3OS3. The van der Waals surface area contributed by atoms with Crippen LogP contribution < -0.4 is 5.32 Å². The zero-order chi connectivity index (χ0) is 16.1. The maximum absolute atomic E-state index is 12.2. The van der Waals surface area contributed by atoms with Crippen LogP contribution in [0.4, 0.5) is 5.00 Å². The van der Waals surface area contributed by atoms with Crippen molar-refractivity contribution in [1.29, 1.82) is 5.26 Å². The lowest BCUT2D eigenvalue weighted by Gasteiger charge is -2.08. The second kappa shape index (κ2) is 8.22. The van der Waals surface area contributed by atoms with E-state index in [1.165, 1.54) is 41.5 Å². The molecule has 1 aliphatic carbocycles. The van der Waals surface area contributed by atoms with Crippen LogP contribution >= 0.6 is 34.9 Å². The second-order valence-corrected chi connectivity index (χ2v) is 8.98. The van der Waals surface area contributed by atoms with Crippen molar-refractivity contribution in [3.63, 3.8) is 0 Å². The van der Waals surface area contributed by atoms with Crippen LogP contribution in [0.15, 0.2) is 4.99 Å². The highest BCUT2D eigenvalue weighted by molar-refractivity contribution is 8.39. The van der Waals surface area contributed by atoms with Gasteiger partial charge in [0.25, 0.3) is 0 Å². The highest BCUT2D eigenvalue weighted by atomic mass is 32.2. The lowest BCUT2D eigenvalue weighted by atomic mass is 9.97. The minimum Gasteiger partial charge on any atom is -0.316 e. The first-order chi connectivity index (χ1) is 11.3. The van der Waals surface area contributed by atoms with Gasteiger partial charge in [-0.05, 0) is 31.2 Å². The predicted octanol–water partition coefficient (Wildman–Crippen LogP) is 4.05. The van der Waals surface area contributed by atoms with Gasteiger partial charge in [0.2, 0.25) is 5.91 Å². The summed E-state index contributed by atoms with van der Waals surface area (Å²) in [7, 11) is 0.